The monoisotopic (exact) mass is 502 g/mol. The van der Waals surface area contributed by atoms with E-state index >= 15 is 0 Å². The van der Waals surface area contributed by atoms with Gasteiger partial charge in [0, 0.05) is 25.4 Å². The van der Waals surface area contributed by atoms with Gasteiger partial charge in [-0.15, -0.1) is 11.8 Å². The van der Waals surface area contributed by atoms with E-state index in [2.05, 4.69) is 6.92 Å². The summed E-state index contributed by atoms with van der Waals surface area (Å²) >= 11 is 1.64. The highest BCUT2D eigenvalue weighted by atomic mass is 32.2. The molecular formula is C23H51O7PS. The van der Waals surface area contributed by atoms with Crippen LogP contribution in [0.1, 0.15) is 104 Å². The van der Waals surface area contributed by atoms with E-state index in [1.165, 1.54) is 77.0 Å². The lowest BCUT2D eigenvalue weighted by atomic mass is 9.86. The minimum absolute atomic E-state index is 0.0306. The molecule has 9 heteroatoms. The van der Waals surface area contributed by atoms with Gasteiger partial charge in [-0.05, 0) is 12.8 Å². The second-order valence-corrected chi connectivity index (χ2v) is 10.9. The van der Waals surface area contributed by atoms with Gasteiger partial charge in [-0.2, -0.15) is 0 Å². The van der Waals surface area contributed by atoms with Crippen LogP contribution in [-0.2, 0) is 14.0 Å². The van der Waals surface area contributed by atoms with E-state index in [-0.39, 0.29) is 10.9 Å². The summed E-state index contributed by atoms with van der Waals surface area (Å²) < 4.78 is 19.9. The first-order chi connectivity index (χ1) is 15.1. The lowest BCUT2D eigenvalue weighted by Crippen LogP contribution is -2.35. The highest BCUT2D eigenvalue weighted by Crippen LogP contribution is 2.32. The molecule has 0 bridgehead atoms. The first-order valence-corrected chi connectivity index (χ1v) is 14.8. The van der Waals surface area contributed by atoms with Crippen LogP contribution in [0.2, 0.25) is 0 Å². The van der Waals surface area contributed by atoms with E-state index < -0.39 is 7.82 Å². The smallest absolute Gasteiger partial charge is 0.384 e. The molecule has 0 saturated heterocycles. The lowest BCUT2D eigenvalue weighted by molar-refractivity contribution is 0.0180. The molecule has 0 aliphatic heterocycles. The predicted octanol–water partition coefficient (Wildman–Crippen LogP) is 5.89. The zero-order valence-electron chi connectivity index (χ0n) is 21.0. The fraction of sp³-hybridized carbons (Fsp3) is 1.00. The molecule has 1 atom stereocenters. The molecule has 0 saturated carbocycles. The van der Waals surface area contributed by atoms with Gasteiger partial charge in [0.15, 0.2) is 0 Å². The van der Waals surface area contributed by atoms with E-state index in [0.717, 1.165) is 18.6 Å². The second kappa shape index (κ2) is 23.1. The van der Waals surface area contributed by atoms with Crippen LogP contribution in [0.3, 0.4) is 0 Å². The van der Waals surface area contributed by atoms with Crippen LogP contribution in [0.25, 0.3) is 0 Å². The van der Waals surface area contributed by atoms with Gasteiger partial charge >= 0.3 is 7.82 Å². The molecule has 0 aliphatic rings. The maximum atomic E-state index is 9.91. The Labute approximate surface area is 201 Å². The van der Waals surface area contributed by atoms with Crippen molar-refractivity contribution in [2.45, 2.75) is 109 Å². The van der Waals surface area contributed by atoms with Gasteiger partial charge in [-0.1, -0.05) is 90.9 Å². The summed E-state index contributed by atoms with van der Waals surface area (Å²) in [5, 5.41) is 9.91. The lowest BCUT2D eigenvalue weighted by Gasteiger charge is -2.33. The predicted molar refractivity (Wildman–Crippen MR) is 135 cm³/mol. The third-order valence-corrected chi connectivity index (χ3v) is 6.89. The SMILES string of the molecule is CCCCCCCCCCCCCCC(COC)(COC)CSC(O)CC.O=P(O)(O)O. The minimum atomic E-state index is -4.64. The molecule has 0 aromatic carbocycles. The Morgan fingerprint density at radius 3 is 1.50 bits per heavy atom. The van der Waals surface area contributed by atoms with Crippen molar-refractivity contribution < 1.29 is 33.8 Å². The van der Waals surface area contributed by atoms with Gasteiger partial charge in [-0.25, -0.2) is 4.57 Å². The minimum Gasteiger partial charge on any atom is -0.384 e. The number of hydrogen-bond donors (Lipinski definition) is 4. The summed E-state index contributed by atoms with van der Waals surface area (Å²) in [6.45, 7) is 5.73. The standard InChI is InChI=1S/C23H48O3S.H3O4P/c1-5-7-8-9-10-11-12-13-14-15-16-17-18-23(19-25-3,20-26-4)21-27-22(24)6-2;1-5(2,3)4/h22,24H,5-21H2,1-4H3;(H3,1,2,3,4). The summed E-state index contributed by atoms with van der Waals surface area (Å²) in [6, 6.07) is 0. The Morgan fingerprint density at radius 2 is 1.16 bits per heavy atom. The van der Waals surface area contributed by atoms with Gasteiger partial charge in [0.25, 0.3) is 0 Å². The Balaban J connectivity index is 0. The maximum absolute atomic E-state index is 9.91. The van der Waals surface area contributed by atoms with Crippen molar-refractivity contribution in [3.8, 4) is 0 Å². The topological polar surface area (TPSA) is 116 Å². The van der Waals surface area contributed by atoms with Crippen molar-refractivity contribution in [1.29, 1.82) is 0 Å². The average Bonchev–Trinajstić information content (AvgIpc) is 2.72. The summed E-state index contributed by atoms with van der Waals surface area (Å²) in [6.07, 6.45) is 18.4. The van der Waals surface area contributed by atoms with Crippen molar-refractivity contribution in [2.75, 3.05) is 33.2 Å². The van der Waals surface area contributed by atoms with Crippen molar-refractivity contribution >= 4 is 19.6 Å². The molecule has 1 unspecified atom stereocenters. The number of aliphatic hydroxyl groups is 1. The molecule has 196 valence electrons. The van der Waals surface area contributed by atoms with Crippen LogP contribution >= 0.6 is 19.6 Å². The Morgan fingerprint density at radius 1 is 0.781 bits per heavy atom. The fourth-order valence-electron chi connectivity index (χ4n) is 3.69. The van der Waals surface area contributed by atoms with Gasteiger partial charge < -0.3 is 29.3 Å². The van der Waals surface area contributed by atoms with Gasteiger partial charge in [0.2, 0.25) is 0 Å². The highest BCUT2D eigenvalue weighted by Gasteiger charge is 2.30. The van der Waals surface area contributed by atoms with Crippen LogP contribution in [0.15, 0.2) is 0 Å². The number of ether oxygens (including phenoxy) is 2. The van der Waals surface area contributed by atoms with E-state index in [0.29, 0.717) is 13.2 Å². The summed E-state index contributed by atoms with van der Waals surface area (Å²) in [4.78, 5) is 21.6. The number of rotatable bonds is 21. The first-order valence-electron chi connectivity index (χ1n) is 12.2. The molecule has 0 aromatic heterocycles. The van der Waals surface area contributed by atoms with Gasteiger partial charge in [0.1, 0.15) is 0 Å². The normalized spacial score (nSPS) is 13.0. The number of hydrogen-bond acceptors (Lipinski definition) is 5. The molecule has 7 nitrogen and oxygen atoms in total. The Hall–Kier alpha value is 0.340. The number of aliphatic hydroxyl groups excluding tert-OH is 1. The zero-order chi connectivity index (χ0) is 24.7. The fourth-order valence-corrected chi connectivity index (χ4v) is 4.78. The van der Waals surface area contributed by atoms with E-state index in [1.807, 2.05) is 6.92 Å². The van der Waals surface area contributed by atoms with Crippen LogP contribution in [-0.4, -0.2) is 58.4 Å². The average molecular weight is 503 g/mol. The maximum Gasteiger partial charge on any atom is 0.466 e. The molecule has 0 aliphatic carbocycles. The number of phosphoric acid groups is 1. The number of unbranched alkanes of at least 4 members (excludes halogenated alkanes) is 11. The first kappa shape index (κ1) is 34.5. The third-order valence-electron chi connectivity index (χ3n) is 5.39. The van der Waals surface area contributed by atoms with Crippen LogP contribution < -0.4 is 0 Å². The van der Waals surface area contributed by atoms with Crippen molar-refractivity contribution in [1.82, 2.24) is 0 Å². The molecule has 0 radical (unpaired) electrons. The Kier molecular flexibility index (Phi) is 24.9. The molecule has 0 amide bonds. The second-order valence-electron chi connectivity index (χ2n) is 8.69. The van der Waals surface area contributed by atoms with Crippen LogP contribution in [0, 0.1) is 5.41 Å². The van der Waals surface area contributed by atoms with E-state index in [9.17, 15) is 5.11 Å². The zero-order valence-corrected chi connectivity index (χ0v) is 22.7. The molecule has 0 heterocycles. The molecule has 0 spiro atoms. The summed E-state index contributed by atoms with van der Waals surface area (Å²) in [5.41, 5.74) is -0.247. The van der Waals surface area contributed by atoms with Crippen molar-refractivity contribution in [2.24, 2.45) is 5.41 Å². The number of methoxy groups -OCH3 is 2. The molecule has 0 rings (SSSR count). The molecule has 32 heavy (non-hydrogen) atoms. The number of thioether (sulfide) groups is 1. The highest BCUT2D eigenvalue weighted by molar-refractivity contribution is 7.99. The molecule has 0 aromatic rings. The molecule has 4 N–H and O–H groups in total. The van der Waals surface area contributed by atoms with E-state index in [1.54, 1.807) is 26.0 Å². The summed E-state index contributed by atoms with van der Waals surface area (Å²) in [5.74, 6) is 0.904. The van der Waals surface area contributed by atoms with Crippen molar-refractivity contribution in [3.05, 3.63) is 0 Å². The van der Waals surface area contributed by atoms with E-state index in [4.69, 9.17) is 28.7 Å². The molecule has 0 fully saturated rings. The third kappa shape index (κ3) is 26.6. The Bertz CT molecular complexity index is 420. The molecular weight excluding hydrogens is 451 g/mol. The van der Waals surface area contributed by atoms with Crippen molar-refractivity contribution in [3.63, 3.8) is 0 Å². The quantitative estimate of drug-likeness (QED) is 0.0872. The van der Waals surface area contributed by atoms with Crippen LogP contribution in [0.5, 0.6) is 0 Å². The van der Waals surface area contributed by atoms with Crippen LogP contribution in [0.4, 0.5) is 0 Å². The summed E-state index contributed by atoms with van der Waals surface area (Å²) in [7, 11) is -1.10. The van der Waals surface area contributed by atoms with Gasteiger partial charge in [-0.3, -0.25) is 0 Å². The largest absolute Gasteiger partial charge is 0.466 e. The van der Waals surface area contributed by atoms with Gasteiger partial charge in [0.05, 0.1) is 18.6 Å².